The molecule has 1 N–H and O–H groups in total. The maximum Gasteiger partial charge on any atom is 0.215 e. The quantitative estimate of drug-likeness (QED) is 0.786. The van der Waals surface area contributed by atoms with Gasteiger partial charge in [-0.25, -0.2) is 8.42 Å². The Morgan fingerprint density at radius 2 is 2.00 bits per heavy atom. The summed E-state index contributed by atoms with van der Waals surface area (Å²) in [5, 5.41) is 3.60. The molecule has 0 saturated carbocycles. The number of nitrogens with one attached hydrogen (secondary N) is 1. The summed E-state index contributed by atoms with van der Waals surface area (Å²) >= 11 is 6.11. The van der Waals surface area contributed by atoms with Gasteiger partial charge in [0.15, 0.2) is 0 Å². The van der Waals surface area contributed by atoms with Gasteiger partial charge in [0.05, 0.1) is 5.75 Å². The monoisotopic (exact) mass is 304 g/mol. The standard InChI is InChI=1S/C13H21ClN2O2S/c1-4-15-9-10-19(17,18)16(3)11(2)12-7-5-6-8-13(12)14/h5-8,11,15H,4,9-10H2,1-3H3. The van der Waals surface area contributed by atoms with Crippen LogP contribution in [0.2, 0.25) is 5.02 Å². The second kappa shape index (κ2) is 7.24. The van der Waals surface area contributed by atoms with E-state index in [1.54, 1.807) is 13.1 Å². The second-order valence-corrected chi connectivity index (χ2v) is 6.94. The van der Waals surface area contributed by atoms with E-state index in [4.69, 9.17) is 11.6 Å². The number of sulfonamides is 1. The summed E-state index contributed by atoms with van der Waals surface area (Å²) in [6.45, 7) is 5.01. The summed E-state index contributed by atoms with van der Waals surface area (Å²) in [7, 11) is -1.69. The number of hydrogen-bond acceptors (Lipinski definition) is 3. The lowest BCUT2D eigenvalue weighted by molar-refractivity contribution is 0.398. The van der Waals surface area contributed by atoms with Gasteiger partial charge in [-0.1, -0.05) is 36.7 Å². The fourth-order valence-corrected chi connectivity index (χ4v) is 3.35. The minimum Gasteiger partial charge on any atom is -0.316 e. The Morgan fingerprint density at radius 3 is 2.58 bits per heavy atom. The molecule has 6 heteroatoms. The van der Waals surface area contributed by atoms with Crippen LogP contribution in [0.1, 0.15) is 25.5 Å². The maximum atomic E-state index is 12.2. The van der Waals surface area contributed by atoms with Crippen molar-refractivity contribution < 1.29 is 8.42 Å². The van der Waals surface area contributed by atoms with Crippen molar-refractivity contribution in [3.8, 4) is 0 Å². The Kier molecular flexibility index (Phi) is 6.26. The number of halogens is 1. The molecule has 1 rings (SSSR count). The van der Waals surface area contributed by atoms with Crippen molar-refractivity contribution in [2.24, 2.45) is 0 Å². The third-order valence-electron chi connectivity index (χ3n) is 3.13. The van der Waals surface area contributed by atoms with Gasteiger partial charge in [-0.05, 0) is 25.1 Å². The van der Waals surface area contributed by atoms with E-state index in [9.17, 15) is 8.42 Å². The summed E-state index contributed by atoms with van der Waals surface area (Å²) in [4.78, 5) is 0. The van der Waals surface area contributed by atoms with Gasteiger partial charge in [-0.3, -0.25) is 0 Å². The second-order valence-electron chi connectivity index (χ2n) is 4.38. The van der Waals surface area contributed by atoms with Crippen LogP contribution in [0.3, 0.4) is 0 Å². The van der Waals surface area contributed by atoms with E-state index in [-0.39, 0.29) is 11.8 Å². The van der Waals surface area contributed by atoms with Crippen LogP contribution in [-0.4, -0.2) is 38.6 Å². The predicted molar refractivity (Wildman–Crippen MR) is 80.0 cm³/mol. The van der Waals surface area contributed by atoms with Crippen molar-refractivity contribution in [3.63, 3.8) is 0 Å². The van der Waals surface area contributed by atoms with Crippen molar-refractivity contribution in [1.29, 1.82) is 0 Å². The molecule has 1 unspecified atom stereocenters. The summed E-state index contributed by atoms with van der Waals surface area (Å²) in [5.74, 6) is 0.0894. The Bertz CT molecular complexity index is 505. The summed E-state index contributed by atoms with van der Waals surface area (Å²) in [5.41, 5.74) is 0.818. The molecule has 0 heterocycles. The van der Waals surface area contributed by atoms with Crippen molar-refractivity contribution in [1.82, 2.24) is 9.62 Å². The highest BCUT2D eigenvalue weighted by atomic mass is 35.5. The van der Waals surface area contributed by atoms with Crippen LogP contribution < -0.4 is 5.32 Å². The Hall–Kier alpha value is -0.620. The van der Waals surface area contributed by atoms with Gasteiger partial charge >= 0.3 is 0 Å². The smallest absolute Gasteiger partial charge is 0.215 e. The fourth-order valence-electron chi connectivity index (χ4n) is 1.77. The van der Waals surface area contributed by atoms with Gasteiger partial charge in [0.2, 0.25) is 10.0 Å². The highest BCUT2D eigenvalue weighted by Crippen LogP contribution is 2.27. The molecular formula is C13H21ClN2O2S. The van der Waals surface area contributed by atoms with Crippen molar-refractivity contribution in [2.75, 3.05) is 25.9 Å². The molecule has 19 heavy (non-hydrogen) atoms. The van der Waals surface area contributed by atoms with Crippen molar-refractivity contribution >= 4 is 21.6 Å². The fraction of sp³-hybridized carbons (Fsp3) is 0.538. The third-order valence-corrected chi connectivity index (χ3v) is 5.38. The summed E-state index contributed by atoms with van der Waals surface area (Å²) in [6.07, 6.45) is 0. The molecule has 0 fully saturated rings. The first-order valence-corrected chi connectivity index (χ1v) is 8.29. The van der Waals surface area contributed by atoms with Crippen LogP contribution in [-0.2, 0) is 10.0 Å². The molecule has 1 aromatic carbocycles. The predicted octanol–water partition coefficient (Wildman–Crippen LogP) is 2.27. The lowest BCUT2D eigenvalue weighted by Gasteiger charge is -2.25. The highest BCUT2D eigenvalue weighted by molar-refractivity contribution is 7.89. The molecule has 108 valence electrons. The van der Waals surface area contributed by atoms with E-state index in [0.29, 0.717) is 11.6 Å². The molecule has 0 saturated heterocycles. The Balaban J connectivity index is 2.82. The van der Waals surface area contributed by atoms with E-state index < -0.39 is 10.0 Å². The highest BCUT2D eigenvalue weighted by Gasteiger charge is 2.24. The lowest BCUT2D eigenvalue weighted by atomic mass is 10.1. The van der Waals surface area contributed by atoms with Crippen LogP contribution in [0.15, 0.2) is 24.3 Å². The SMILES string of the molecule is CCNCCS(=O)(=O)N(C)C(C)c1ccccc1Cl. The minimum absolute atomic E-state index is 0.0894. The van der Waals surface area contributed by atoms with Gasteiger partial charge in [0, 0.05) is 24.7 Å². The molecule has 1 atom stereocenters. The average Bonchev–Trinajstić information content (AvgIpc) is 2.38. The largest absolute Gasteiger partial charge is 0.316 e. The first kappa shape index (κ1) is 16.4. The number of nitrogens with zero attached hydrogens (tertiary/aromatic N) is 1. The molecule has 0 aliphatic heterocycles. The zero-order chi connectivity index (χ0) is 14.5. The van der Waals surface area contributed by atoms with Gasteiger partial charge in [-0.2, -0.15) is 4.31 Å². The summed E-state index contributed by atoms with van der Waals surface area (Å²) < 4.78 is 25.7. The average molecular weight is 305 g/mol. The van der Waals surface area contributed by atoms with E-state index in [1.165, 1.54) is 4.31 Å². The Labute approximate surface area is 120 Å². The van der Waals surface area contributed by atoms with Gasteiger partial charge in [0.25, 0.3) is 0 Å². The van der Waals surface area contributed by atoms with E-state index in [1.807, 2.05) is 32.0 Å². The number of benzene rings is 1. The first-order valence-electron chi connectivity index (χ1n) is 6.31. The van der Waals surface area contributed by atoms with Gasteiger partial charge < -0.3 is 5.32 Å². The van der Waals surface area contributed by atoms with Crippen LogP contribution in [0.4, 0.5) is 0 Å². The molecular weight excluding hydrogens is 284 g/mol. The van der Waals surface area contributed by atoms with E-state index in [0.717, 1.165) is 12.1 Å². The van der Waals surface area contributed by atoms with Crippen molar-refractivity contribution in [2.45, 2.75) is 19.9 Å². The lowest BCUT2D eigenvalue weighted by Crippen LogP contribution is -2.35. The molecule has 0 aliphatic carbocycles. The minimum atomic E-state index is -3.28. The molecule has 0 amide bonds. The van der Waals surface area contributed by atoms with Crippen LogP contribution >= 0.6 is 11.6 Å². The summed E-state index contributed by atoms with van der Waals surface area (Å²) in [6, 6.07) is 7.03. The van der Waals surface area contributed by atoms with Crippen LogP contribution in [0.5, 0.6) is 0 Å². The molecule has 0 radical (unpaired) electrons. The van der Waals surface area contributed by atoms with Crippen LogP contribution in [0.25, 0.3) is 0 Å². The molecule has 1 aromatic rings. The molecule has 0 aliphatic rings. The van der Waals surface area contributed by atoms with E-state index in [2.05, 4.69) is 5.32 Å². The first-order chi connectivity index (χ1) is 8.90. The zero-order valence-corrected chi connectivity index (χ0v) is 13.1. The van der Waals surface area contributed by atoms with Gasteiger partial charge in [-0.15, -0.1) is 0 Å². The number of rotatable bonds is 7. The third kappa shape index (κ3) is 4.45. The maximum absolute atomic E-state index is 12.2. The molecule has 4 nitrogen and oxygen atoms in total. The number of hydrogen-bond donors (Lipinski definition) is 1. The molecule has 0 spiro atoms. The molecule has 0 aromatic heterocycles. The van der Waals surface area contributed by atoms with Gasteiger partial charge in [0.1, 0.15) is 0 Å². The van der Waals surface area contributed by atoms with Crippen LogP contribution in [0, 0.1) is 0 Å². The Morgan fingerprint density at radius 1 is 1.37 bits per heavy atom. The topological polar surface area (TPSA) is 49.4 Å². The normalized spacial score (nSPS) is 13.7. The molecule has 0 bridgehead atoms. The zero-order valence-electron chi connectivity index (χ0n) is 11.6. The van der Waals surface area contributed by atoms with E-state index >= 15 is 0 Å². The van der Waals surface area contributed by atoms with Crippen molar-refractivity contribution in [3.05, 3.63) is 34.9 Å².